The Morgan fingerprint density at radius 2 is 1.91 bits per heavy atom. The molecule has 0 aromatic carbocycles. The maximum atomic E-state index is 12.1. The zero-order valence-electron chi connectivity index (χ0n) is 19.0. The van der Waals surface area contributed by atoms with Crippen molar-refractivity contribution in [2.75, 3.05) is 12.3 Å². The molecule has 1 fully saturated rings. The standard InChI is InChI=1S/C21H34N6O6/c1-2-3-4-5-6-7-8-9-10-11-16(28)32-14-21(25-26-23)18(30)17(29)19(33-21)27-13-12-15(22)24-20(27)31/h12-13,17-19,29-30H,2-11,14H2,1H3,(H2,22,24,31). The molecule has 4 N–H and O–H groups in total. The van der Waals surface area contributed by atoms with Gasteiger partial charge < -0.3 is 25.4 Å². The molecule has 4 unspecified atom stereocenters. The number of anilines is 1. The summed E-state index contributed by atoms with van der Waals surface area (Å²) in [5, 5.41) is 24.3. The average Bonchev–Trinajstić information content (AvgIpc) is 3.02. The average molecular weight is 467 g/mol. The van der Waals surface area contributed by atoms with Crippen LogP contribution in [0.1, 0.15) is 77.4 Å². The number of carbonyl (C=O) groups is 1. The van der Waals surface area contributed by atoms with E-state index in [9.17, 15) is 19.8 Å². The number of carbonyl (C=O) groups excluding carboxylic acids is 1. The summed E-state index contributed by atoms with van der Waals surface area (Å²) in [7, 11) is 0. The minimum atomic E-state index is -2.09. The van der Waals surface area contributed by atoms with Crippen molar-refractivity contribution in [1.29, 1.82) is 0 Å². The van der Waals surface area contributed by atoms with Gasteiger partial charge in [-0.05, 0) is 18.0 Å². The van der Waals surface area contributed by atoms with Crippen molar-refractivity contribution in [2.24, 2.45) is 5.11 Å². The van der Waals surface area contributed by atoms with Crippen molar-refractivity contribution in [3.05, 3.63) is 33.2 Å². The molecule has 12 nitrogen and oxygen atoms in total. The number of esters is 1. The van der Waals surface area contributed by atoms with E-state index >= 15 is 0 Å². The molecule has 184 valence electrons. The van der Waals surface area contributed by atoms with Crippen LogP contribution < -0.4 is 11.4 Å². The van der Waals surface area contributed by atoms with E-state index in [2.05, 4.69) is 21.9 Å². The first kappa shape index (κ1) is 26.6. The molecular weight excluding hydrogens is 432 g/mol. The van der Waals surface area contributed by atoms with E-state index in [1.807, 2.05) is 0 Å². The van der Waals surface area contributed by atoms with E-state index in [-0.39, 0.29) is 12.2 Å². The number of hydrogen-bond donors (Lipinski definition) is 3. The van der Waals surface area contributed by atoms with Crippen LogP contribution in [0.4, 0.5) is 5.82 Å². The predicted octanol–water partition coefficient (Wildman–Crippen LogP) is 2.55. The highest BCUT2D eigenvalue weighted by Crippen LogP contribution is 2.38. The third-order valence-corrected chi connectivity index (χ3v) is 5.67. The van der Waals surface area contributed by atoms with Crippen molar-refractivity contribution < 1.29 is 24.5 Å². The molecule has 12 heteroatoms. The van der Waals surface area contributed by atoms with Gasteiger partial charge in [-0.25, -0.2) is 4.79 Å². The van der Waals surface area contributed by atoms with Crippen LogP contribution in [0.2, 0.25) is 0 Å². The molecule has 0 saturated carbocycles. The third kappa shape index (κ3) is 7.43. The highest BCUT2D eigenvalue weighted by molar-refractivity contribution is 5.69. The number of aromatic nitrogens is 2. The van der Waals surface area contributed by atoms with Crippen molar-refractivity contribution in [3.8, 4) is 0 Å². The minimum Gasteiger partial charge on any atom is -0.462 e. The molecular formula is C21H34N6O6. The molecule has 0 aliphatic carbocycles. The Morgan fingerprint density at radius 1 is 1.27 bits per heavy atom. The summed E-state index contributed by atoms with van der Waals surface area (Å²) in [5.74, 6) is -0.568. The first-order valence-corrected chi connectivity index (χ1v) is 11.4. The fourth-order valence-corrected chi connectivity index (χ4v) is 3.75. The zero-order chi connectivity index (χ0) is 24.3. The highest BCUT2D eigenvalue weighted by atomic mass is 16.6. The van der Waals surface area contributed by atoms with Crippen LogP contribution in [0.15, 0.2) is 22.2 Å². The number of hydrogen-bond acceptors (Lipinski definition) is 9. The van der Waals surface area contributed by atoms with Crippen LogP contribution in [0.25, 0.3) is 10.4 Å². The monoisotopic (exact) mass is 466 g/mol. The van der Waals surface area contributed by atoms with Gasteiger partial charge in [0.25, 0.3) is 0 Å². The Bertz CT molecular complexity index is 873. The first-order chi connectivity index (χ1) is 15.8. The molecule has 33 heavy (non-hydrogen) atoms. The number of rotatable bonds is 14. The van der Waals surface area contributed by atoms with Crippen molar-refractivity contribution in [2.45, 2.75) is 95.3 Å². The molecule has 1 aromatic rings. The van der Waals surface area contributed by atoms with Gasteiger partial charge in [0.2, 0.25) is 5.72 Å². The van der Waals surface area contributed by atoms with Crippen molar-refractivity contribution in [1.82, 2.24) is 9.55 Å². The van der Waals surface area contributed by atoms with Gasteiger partial charge in [0.05, 0.1) is 0 Å². The summed E-state index contributed by atoms with van der Waals surface area (Å²) in [6.45, 7) is 1.57. The minimum absolute atomic E-state index is 0.0315. The summed E-state index contributed by atoms with van der Waals surface area (Å²) in [6, 6.07) is 1.31. The van der Waals surface area contributed by atoms with E-state index in [1.165, 1.54) is 44.4 Å². The lowest BCUT2D eigenvalue weighted by Crippen LogP contribution is -2.45. The molecule has 1 saturated heterocycles. The topological polar surface area (TPSA) is 186 Å². The molecule has 0 bridgehead atoms. The summed E-state index contributed by atoms with van der Waals surface area (Å²) < 4.78 is 11.6. The molecule has 0 amide bonds. The number of ether oxygens (including phenoxy) is 2. The number of azide groups is 1. The van der Waals surface area contributed by atoms with Gasteiger partial charge in [0.15, 0.2) is 6.23 Å². The second-order valence-electron chi connectivity index (χ2n) is 8.26. The quantitative estimate of drug-likeness (QED) is 0.123. The molecule has 1 aromatic heterocycles. The lowest BCUT2D eigenvalue weighted by atomic mass is 10.1. The van der Waals surface area contributed by atoms with Gasteiger partial charge in [-0.2, -0.15) is 4.98 Å². The van der Waals surface area contributed by atoms with Crippen LogP contribution in [0.3, 0.4) is 0 Å². The smallest absolute Gasteiger partial charge is 0.351 e. The van der Waals surface area contributed by atoms with Gasteiger partial charge in [0.1, 0.15) is 24.6 Å². The van der Waals surface area contributed by atoms with Gasteiger partial charge >= 0.3 is 11.7 Å². The fourth-order valence-electron chi connectivity index (χ4n) is 3.75. The molecule has 1 aliphatic heterocycles. The van der Waals surface area contributed by atoms with E-state index in [0.29, 0.717) is 6.42 Å². The summed E-state index contributed by atoms with van der Waals surface area (Å²) >= 11 is 0. The van der Waals surface area contributed by atoms with Gasteiger partial charge in [-0.15, -0.1) is 0 Å². The summed E-state index contributed by atoms with van der Waals surface area (Å²) in [4.78, 5) is 30.4. The second kappa shape index (κ2) is 13.1. The van der Waals surface area contributed by atoms with Gasteiger partial charge in [-0.3, -0.25) is 9.36 Å². The van der Waals surface area contributed by atoms with E-state index in [4.69, 9.17) is 20.7 Å². The fraction of sp³-hybridized carbons (Fsp3) is 0.762. The summed E-state index contributed by atoms with van der Waals surface area (Å²) in [6.07, 6.45) is 6.53. The van der Waals surface area contributed by atoms with Crippen LogP contribution in [-0.4, -0.2) is 50.3 Å². The van der Waals surface area contributed by atoms with Crippen molar-refractivity contribution in [3.63, 3.8) is 0 Å². The van der Waals surface area contributed by atoms with Gasteiger partial charge in [0, 0.05) is 17.5 Å². The molecule has 0 spiro atoms. The Labute approximate surface area is 192 Å². The normalized spacial score (nSPS) is 24.4. The third-order valence-electron chi connectivity index (χ3n) is 5.67. The number of aliphatic hydroxyl groups is 2. The van der Waals surface area contributed by atoms with Crippen LogP contribution >= 0.6 is 0 Å². The van der Waals surface area contributed by atoms with Crippen LogP contribution in [0.5, 0.6) is 0 Å². The molecule has 4 atom stereocenters. The van der Waals surface area contributed by atoms with Crippen LogP contribution in [-0.2, 0) is 14.3 Å². The lowest BCUT2D eigenvalue weighted by molar-refractivity contribution is -0.165. The molecule has 1 aliphatic rings. The highest BCUT2D eigenvalue weighted by Gasteiger charge is 2.56. The first-order valence-electron chi connectivity index (χ1n) is 11.4. The molecule has 0 radical (unpaired) electrons. The number of aliphatic hydroxyl groups excluding tert-OH is 2. The molecule has 2 rings (SSSR count). The zero-order valence-corrected chi connectivity index (χ0v) is 19.0. The Balaban J connectivity index is 1.86. The summed E-state index contributed by atoms with van der Waals surface area (Å²) in [5.41, 5.74) is 11.5. The largest absolute Gasteiger partial charge is 0.462 e. The number of nitrogens with zero attached hydrogens (tertiary/aromatic N) is 5. The van der Waals surface area contributed by atoms with E-state index in [0.717, 1.165) is 23.8 Å². The second-order valence-corrected chi connectivity index (χ2v) is 8.26. The number of nitrogen functional groups attached to an aromatic ring is 1. The van der Waals surface area contributed by atoms with E-state index < -0.39 is 42.4 Å². The lowest BCUT2D eigenvalue weighted by Gasteiger charge is -2.26. The maximum Gasteiger partial charge on any atom is 0.351 e. The Hall–Kier alpha value is -2.66. The number of nitrogens with two attached hydrogens (primary N) is 1. The Kier molecular flexibility index (Phi) is 10.6. The van der Waals surface area contributed by atoms with Crippen molar-refractivity contribution >= 4 is 11.8 Å². The Morgan fingerprint density at radius 3 is 2.52 bits per heavy atom. The number of unbranched alkanes of at least 4 members (excludes halogenated alkanes) is 8. The molecule has 2 heterocycles. The van der Waals surface area contributed by atoms with E-state index in [1.54, 1.807) is 0 Å². The SMILES string of the molecule is CCCCCCCCCCCC(=O)OCC1(N=[N+]=[N-])OC(n2ccc(N)nc2=O)C(O)C1O. The predicted molar refractivity (Wildman–Crippen MR) is 120 cm³/mol. The maximum absolute atomic E-state index is 12.1. The van der Waals surface area contributed by atoms with Gasteiger partial charge in [-0.1, -0.05) is 63.4 Å². The van der Waals surface area contributed by atoms with Crippen LogP contribution in [0, 0.1) is 0 Å².